The topological polar surface area (TPSA) is 145 Å². The predicted molar refractivity (Wildman–Crippen MR) is 184 cm³/mol. The molecule has 13 nitrogen and oxygen atoms in total. The van der Waals surface area contributed by atoms with Crippen LogP contribution in [0.2, 0.25) is 0 Å². The molecule has 49 heavy (non-hydrogen) atoms. The first-order valence-electron chi connectivity index (χ1n) is 15.8. The van der Waals surface area contributed by atoms with E-state index in [-0.39, 0.29) is 36.4 Å². The molecule has 0 unspecified atom stereocenters. The second kappa shape index (κ2) is 15.5. The number of fused-ring (bicyclic) bond motifs is 1. The van der Waals surface area contributed by atoms with Gasteiger partial charge in [0.15, 0.2) is 6.10 Å². The van der Waals surface area contributed by atoms with Gasteiger partial charge in [0.05, 0.1) is 30.3 Å². The Bertz CT molecular complexity index is 1790. The highest BCUT2D eigenvalue weighted by Gasteiger charge is 2.27. The molecular formula is C35H47FN6O7. The van der Waals surface area contributed by atoms with E-state index in [1.165, 1.54) is 52.7 Å². The number of carbonyl (C=O) groups is 4. The first kappa shape index (κ1) is 38.4. The van der Waals surface area contributed by atoms with Crippen molar-refractivity contribution in [3.63, 3.8) is 0 Å². The van der Waals surface area contributed by atoms with Gasteiger partial charge in [-0.15, -0.1) is 0 Å². The predicted octanol–water partition coefficient (Wildman–Crippen LogP) is 5.19. The van der Waals surface area contributed by atoms with Crippen molar-refractivity contribution in [1.82, 2.24) is 23.9 Å². The van der Waals surface area contributed by atoms with Gasteiger partial charge in [0, 0.05) is 33.6 Å². The molecule has 0 aliphatic heterocycles. The lowest BCUT2D eigenvalue weighted by molar-refractivity contribution is -0.125. The van der Waals surface area contributed by atoms with Crippen LogP contribution in [-0.4, -0.2) is 87.8 Å². The normalized spacial score (nSPS) is 12.6. The summed E-state index contributed by atoms with van der Waals surface area (Å²) in [5.41, 5.74) is -0.536. The van der Waals surface area contributed by atoms with E-state index in [4.69, 9.17) is 9.47 Å². The van der Waals surface area contributed by atoms with Crippen LogP contribution in [0.5, 0.6) is 0 Å². The highest BCUT2D eigenvalue weighted by molar-refractivity contribution is 5.95. The minimum atomic E-state index is -1.30. The third kappa shape index (κ3) is 10.7. The van der Waals surface area contributed by atoms with Gasteiger partial charge in [-0.3, -0.25) is 19.0 Å². The summed E-state index contributed by atoms with van der Waals surface area (Å²) >= 11 is 0. The first-order chi connectivity index (χ1) is 22.7. The van der Waals surface area contributed by atoms with Crippen molar-refractivity contribution in [2.45, 2.75) is 79.1 Å². The van der Waals surface area contributed by atoms with E-state index in [0.717, 1.165) is 11.1 Å². The number of anilines is 1. The Kier molecular flexibility index (Phi) is 12.1. The van der Waals surface area contributed by atoms with Gasteiger partial charge in [0.25, 0.3) is 11.5 Å². The highest BCUT2D eigenvalue weighted by Crippen LogP contribution is 2.31. The molecule has 1 N–H and O–H groups in total. The lowest BCUT2D eigenvalue weighted by Crippen LogP contribution is -2.38. The van der Waals surface area contributed by atoms with Gasteiger partial charge in [-0.05, 0) is 75.3 Å². The van der Waals surface area contributed by atoms with Crippen LogP contribution >= 0.6 is 0 Å². The number of hydrogen-bond acceptors (Lipinski definition) is 8. The summed E-state index contributed by atoms with van der Waals surface area (Å²) in [4.78, 5) is 71.5. The summed E-state index contributed by atoms with van der Waals surface area (Å²) in [5, 5.41) is 2.96. The Balaban J connectivity index is 2.00. The summed E-state index contributed by atoms with van der Waals surface area (Å²) in [7, 11) is 6.13. The SMILES string of the molecule is CN(C)C(=O)/C=C/CC[C@H](OC(=O)N(C)C)C(=O)Nc1cncn(Cc2cc3cc(F)cc(CC(C)(C)C)c3n2C(=O)OC(C)(C)C)c1=O. The fourth-order valence-electron chi connectivity index (χ4n) is 4.88. The van der Waals surface area contributed by atoms with E-state index in [9.17, 15) is 28.4 Å². The molecule has 2 aromatic heterocycles. The number of nitrogens with one attached hydrogen (secondary N) is 1. The minimum Gasteiger partial charge on any atom is -0.443 e. The molecule has 1 atom stereocenters. The molecular weight excluding hydrogens is 635 g/mol. The fraction of sp³-hybridized carbons (Fsp3) is 0.486. The van der Waals surface area contributed by atoms with Crippen molar-refractivity contribution in [3.8, 4) is 0 Å². The van der Waals surface area contributed by atoms with E-state index in [0.29, 0.717) is 28.6 Å². The number of amides is 3. The van der Waals surface area contributed by atoms with Gasteiger partial charge in [-0.2, -0.15) is 0 Å². The molecule has 0 saturated carbocycles. The second-order valence-corrected chi connectivity index (χ2v) is 14.4. The zero-order chi connectivity index (χ0) is 36.8. The van der Waals surface area contributed by atoms with E-state index in [1.807, 2.05) is 20.8 Å². The number of aromatic nitrogens is 3. The monoisotopic (exact) mass is 682 g/mol. The van der Waals surface area contributed by atoms with Crippen LogP contribution in [0.25, 0.3) is 10.9 Å². The van der Waals surface area contributed by atoms with Crippen LogP contribution in [0.15, 0.2) is 47.7 Å². The quantitative estimate of drug-likeness (QED) is 0.288. The Hall–Kier alpha value is -5.01. The molecule has 3 amide bonds. The van der Waals surface area contributed by atoms with Gasteiger partial charge in [-0.25, -0.2) is 23.5 Å². The lowest BCUT2D eigenvalue weighted by atomic mass is 9.87. The smallest absolute Gasteiger partial charge is 0.419 e. The number of benzene rings is 1. The maximum absolute atomic E-state index is 14.8. The number of ether oxygens (including phenoxy) is 2. The van der Waals surface area contributed by atoms with E-state index in [2.05, 4.69) is 10.3 Å². The Morgan fingerprint density at radius 3 is 2.29 bits per heavy atom. The maximum atomic E-state index is 14.8. The third-order valence-electron chi connectivity index (χ3n) is 7.00. The van der Waals surface area contributed by atoms with Crippen molar-refractivity contribution in [2.75, 3.05) is 33.5 Å². The number of halogens is 1. The summed E-state index contributed by atoms with van der Waals surface area (Å²) < 4.78 is 28.5. The lowest BCUT2D eigenvalue weighted by Gasteiger charge is -2.23. The van der Waals surface area contributed by atoms with Crippen LogP contribution in [-0.2, 0) is 32.0 Å². The van der Waals surface area contributed by atoms with Gasteiger partial charge in [0.2, 0.25) is 5.91 Å². The summed E-state index contributed by atoms with van der Waals surface area (Å²) in [5.74, 6) is -1.49. The molecule has 0 fully saturated rings. The van der Waals surface area contributed by atoms with Crippen LogP contribution in [0.3, 0.4) is 0 Å². The molecule has 0 bridgehead atoms. The zero-order valence-electron chi connectivity index (χ0n) is 29.9. The molecule has 0 saturated heterocycles. The molecule has 0 aliphatic rings. The van der Waals surface area contributed by atoms with Crippen molar-refractivity contribution < 1.29 is 33.0 Å². The molecule has 3 aromatic rings. The zero-order valence-corrected chi connectivity index (χ0v) is 29.9. The van der Waals surface area contributed by atoms with Gasteiger partial charge < -0.3 is 24.6 Å². The molecule has 266 valence electrons. The minimum absolute atomic E-state index is 0.0283. The summed E-state index contributed by atoms with van der Waals surface area (Å²) in [6.45, 7) is 11.0. The number of likely N-dealkylation sites (N-methyl/N-ethyl adjacent to an activating group) is 1. The van der Waals surface area contributed by atoms with Crippen LogP contribution in [0, 0.1) is 11.2 Å². The molecule has 3 rings (SSSR count). The molecule has 0 radical (unpaired) electrons. The largest absolute Gasteiger partial charge is 0.443 e. The number of nitrogens with zero attached hydrogens (tertiary/aromatic N) is 5. The van der Waals surface area contributed by atoms with E-state index in [1.54, 1.807) is 47.0 Å². The molecule has 1 aromatic carbocycles. The first-order valence-corrected chi connectivity index (χ1v) is 15.8. The van der Waals surface area contributed by atoms with Crippen molar-refractivity contribution in [2.24, 2.45) is 5.41 Å². The molecule has 0 aliphatic carbocycles. The molecule has 2 heterocycles. The van der Waals surface area contributed by atoms with Crippen LogP contribution in [0.1, 0.15) is 65.6 Å². The Morgan fingerprint density at radius 2 is 1.69 bits per heavy atom. The number of hydrogen-bond donors (Lipinski definition) is 1. The van der Waals surface area contributed by atoms with Crippen molar-refractivity contribution in [3.05, 3.63) is 70.3 Å². The van der Waals surface area contributed by atoms with Crippen molar-refractivity contribution >= 4 is 40.6 Å². The fourth-order valence-corrected chi connectivity index (χ4v) is 4.88. The Labute approximate surface area is 285 Å². The third-order valence-corrected chi connectivity index (χ3v) is 7.00. The average molecular weight is 683 g/mol. The summed E-state index contributed by atoms with van der Waals surface area (Å²) in [6.07, 6.45) is 3.27. The number of carbonyl (C=O) groups excluding carboxylic acids is 4. The summed E-state index contributed by atoms with van der Waals surface area (Å²) in [6, 6.07) is 4.35. The maximum Gasteiger partial charge on any atom is 0.419 e. The average Bonchev–Trinajstić information content (AvgIpc) is 3.32. The standard InChI is InChI=1S/C35H47FN6O7/c1-34(2,3)18-23-16-24(36)15-22-17-25(42(29(22)23)33(47)49-35(4,5)6)20-41-21-37-19-26(31(41)45)38-30(44)27(48-32(46)40(9)10)13-11-12-14-28(43)39(7)8/h12,14-17,19,21,27H,11,13,18,20H2,1-10H3,(H,38,44)/b14-12+/t27-/m0/s1. The van der Waals surface area contributed by atoms with Crippen LogP contribution < -0.4 is 10.9 Å². The van der Waals surface area contributed by atoms with E-state index >= 15 is 0 Å². The van der Waals surface area contributed by atoms with Gasteiger partial charge in [-0.1, -0.05) is 26.8 Å². The second-order valence-electron chi connectivity index (χ2n) is 14.4. The number of rotatable bonds is 10. The van der Waals surface area contributed by atoms with Crippen molar-refractivity contribution in [1.29, 1.82) is 0 Å². The van der Waals surface area contributed by atoms with Crippen LogP contribution in [0.4, 0.5) is 19.7 Å². The van der Waals surface area contributed by atoms with E-state index < -0.39 is 41.2 Å². The molecule has 0 spiro atoms. The molecule has 14 heteroatoms. The van der Waals surface area contributed by atoms with Gasteiger partial charge >= 0.3 is 12.2 Å². The highest BCUT2D eigenvalue weighted by atomic mass is 19.1. The van der Waals surface area contributed by atoms with Gasteiger partial charge in [0.1, 0.15) is 17.1 Å². The Morgan fingerprint density at radius 1 is 1.02 bits per heavy atom. The number of allylic oxidation sites excluding steroid dienone is 1.